The highest BCUT2D eigenvalue weighted by atomic mass is 127. The molecule has 1 unspecified atom stereocenters. The number of halogens is 1. The Balaban J connectivity index is 0.00000320. The molecule has 8 nitrogen and oxygen atoms in total. The fourth-order valence-electron chi connectivity index (χ4n) is 3.44. The molecular formula is C21H32IN5O3. The Bertz CT molecular complexity index is 751. The molecule has 2 amide bonds. The number of carbonyl (C=O) groups excluding carboxylic acids is 2. The highest BCUT2D eigenvalue weighted by Crippen LogP contribution is 2.18. The number of benzene rings is 1. The van der Waals surface area contributed by atoms with Crippen molar-refractivity contribution >= 4 is 41.9 Å². The lowest BCUT2D eigenvalue weighted by Gasteiger charge is -2.39. The Hall–Kier alpha value is -2.04. The fraction of sp³-hybridized carbons (Fsp3) is 0.571. The zero-order chi connectivity index (χ0) is 20.9. The van der Waals surface area contributed by atoms with Gasteiger partial charge >= 0.3 is 6.09 Å². The van der Waals surface area contributed by atoms with Gasteiger partial charge in [0, 0.05) is 26.2 Å². The molecule has 0 saturated carbocycles. The van der Waals surface area contributed by atoms with Crippen LogP contribution in [0.3, 0.4) is 0 Å². The molecule has 30 heavy (non-hydrogen) atoms. The summed E-state index contributed by atoms with van der Waals surface area (Å²) in [5, 5.41) is 6.07. The summed E-state index contributed by atoms with van der Waals surface area (Å²) < 4.78 is 5.46. The molecule has 1 atom stereocenters. The minimum atomic E-state index is -0.499. The molecule has 0 bridgehead atoms. The van der Waals surface area contributed by atoms with Gasteiger partial charge in [0.1, 0.15) is 5.60 Å². The van der Waals surface area contributed by atoms with E-state index < -0.39 is 5.60 Å². The van der Waals surface area contributed by atoms with Crippen LogP contribution in [0.25, 0.3) is 0 Å². The normalized spacial score (nSPS) is 18.1. The number of carbonyl (C=O) groups is 2. The molecule has 2 aliphatic rings. The Morgan fingerprint density at radius 2 is 1.93 bits per heavy atom. The third-order valence-corrected chi connectivity index (χ3v) is 4.84. The maximum absolute atomic E-state index is 12.3. The van der Waals surface area contributed by atoms with Crippen LogP contribution < -0.4 is 10.6 Å². The van der Waals surface area contributed by atoms with E-state index in [4.69, 9.17) is 4.74 Å². The molecule has 2 N–H and O–H groups in total. The van der Waals surface area contributed by atoms with Crippen molar-refractivity contribution in [3.63, 3.8) is 0 Å². The van der Waals surface area contributed by atoms with Crippen LogP contribution in [0.1, 0.15) is 26.3 Å². The van der Waals surface area contributed by atoms with E-state index in [-0.39, 0.29) is 48.6 Å². The van der Waals surface area contributed by atoms with Gasteiger partial charge in [0.25, 0.3) is 0 Å². The first-order valence-electron chi connectivity index (χ1n) is 10.2. The topological polar surface area (TPSA) is 86.3 Å². The van der Waals surface area contributed by atoms with Crippen LogP contribution in [-0.4, -0.2) is 78.7 Å². The van der Waals surface area contributed by atoms with Crippen molar-refractivity contribution in [2.45, 2.75) is 38.8 Å². The number of nitrogens with one attached hydrogen (secondary N) is 2. The zero-order valence-electron chi connectivity index (χ0n) is 17.9. The molecule has 9 heteroatoms. The summed E-state index contributed by atoms with van der Waals surface area (Å²) in [6.45, 7) is 8.83. The zero-order valence-corrected chi connectivity index (χ0v) is 20.2. The molecule has 2 aliphatic heterocycles. The van der Waals surface area contributed by atoms with Gasteiger partial charge in [0.05, 0.1) is 19.1 Å². The van der Waals surface area contributed by atoms with E-state index in [1.54, 1.807) is 4.90 Å². The largest absolute Gasteiger partial charge is 0.444 e. The molecule has 1 saturated heterocycles. The third kappa shape index (κ3) is 7.03. The number of amides is 2. The quantitative estimate of drug-likeness (QED) is 0.569. The van der Waals surface area contributed by atoms with E-state index in [9.17, 15) is 9.59 Å². The fourth-order valence-corrected chi connectivity index (χ4v) is 3.44. The van der Waals surface area contributed by atoms with E-state index in [2.05, 4.69) is 32.7 Å². The molecule has 0 aliphatic carbocycles. The number of guanidine groups is 1. The van der Waals surface area contributed by atoms with Crippen LogP contribution in [-0.2, 0) is 16.0 Å². The van der Waals surface area contributed by atoms with Crippen LogP contribution in [0.15, 0.2) is 35.3 Å². The van der Waals surface area contributed by atoms with Gasteiger partial charge in [0.15, 0.2) is 5.96 Å². The molecule has 1 fully saturated rings. The molecule has 1 aromatic carbocycles. The summed E-state index contributed by atoms with van der Waals surface area (Å²) in [5.74, 6) is 0.677. The van der Waals surface area contributed by atoms with E-state index in [0.29, 0.717) is 32.7 Å². The molecule has 166 valence electrons. The maximum atomic E-state index is 12.3. The van der Waals surface area contributed by atoms with Crippen LogP contribution in [0.2, 0.25) is 0 Å². The number of aliphatic imine (C=N–C) groups is 1. The number of ether oxygens (including phenoxy) is 1. The summed E-state index contributed by atoms with van der Waals surface area (Å²) in [5.41, 5.74) is 0.702. The Kier molecular flexibility index (Phi) is 8.75. The Morgan fingerprint density at radius 1 is 1.20 bits per heavy atom. The number of nitrogens with zero attached hydrogens (tertiary/aromatic N) is 3. The van der Waals surface area contributed by atoms with E-state index in [0.717, 1.165) is 12.4 Å². The molecule has 0 radical (unpaired) electrons. The minimum Gasteiger partial charge on any atom is -0.444 e. The monoisotopic (exact) mass is 529 g/mol. The van der Waals surface area contributed by atoms with Crippen LogP contribution in [0.5, 0.6) is 0 Å². The lowest BCUT2D eigenvalue weighted by atomic mass is 10.1. The summed E-state index contributed by atoms with van der Waals surface area (Å²) in [4.78, 5) is 32.8. The average molecular weight is 529 g/mol. The van der Waals surface area contributed by atoms with Crippen molar-refractivity contribution < 1.29 is 14.3 Å². The number of hydrogen-bond acceptors (Lipinski definition) is 6. The van der Waals surface area contributed by atoms with Gasteiger partial charge < -0.3 is 25.2 Å². The van der Waals surface area contributed by atoms with Crippen LogP contribution >= 0.6 is 24.0 Å². The summed E-state index contributed by atoms with van der Waals surface area (Å²) in [6.07, 6.45) is 0.527. The molecule has 0 aromatic heterocycles. The molecule has 1 aromatic rings. The van der Waals surface area contributed by atoms with Crippen molar-refractivity contribution in [1.29, 1.82) is 0 Å². The second kappa shape index (κ2) is 10.8. The smallest absolute Gasteiger partial charge is 0.410 e. The summed E-state index contributed by atoms with van der Waals surface area (Å²) in [7, 11) is 0. The van der Waals surface area contributed by atoms with Crippen molar-refractivity contribution in [2.75, 3.05) is 39.3 Å². The van der Waals surface area contributed by atoms with Gasteiger partial charge in [-0.3, -0.25) is 9.79 Å². The van der Waals surface area contributed by atoms with E-state index >= 15 is 0 Å². The summed E-state index contributed by atoms with van der Waals surface area (Å²) >= 11 is 0. The van der Waals surface area contributed by atoms with Crippen LogP contribution in [0, 0.1) is 0 Å². The maximum Gasteiger partial charge on any atom is 0.410 e. The van der Waals surface area contributed by atoms with Gasteiger partial charge in [-0.05, 0) is 32.8 Å². The second-order valence-corrected chi connectivity index (χ2v) is 8.38. The lowest BCUT2D eigenvalue weighted by molar-refractivity contribution is -0.120. The summed E-state index contributed by atoms with van der Waals surface area (Å²) in [6, 6.07) is 10.2. The standard InChI is InChI=1S/C21H31N5O3.HI/c1-21(2,3)29-20(28)25-11-12-26-17(15-25)13-23-19(26)24-14-18(27)22-10-9-16-7-5-4-6-8-16;/h4-8,17H,9-15H2,1-3H3,(H,22,27)(H,23,24);1H. The van der Waals surface area contributed by atoms with Crippen molar-refractivity contribution in [1.82, 2.24) is 20.4 Å². The molecule has 0 spiro atoms. The van der Waals surface area contributed by atoms with Gasteiger partial charge in [-0.15, -0.1) is 24.0 Å². The van der Waals surface area contributed by atoms with Crippen LogP contribution in [0.4, 0.5) is 4.79 Å². The highest BCUT2D eigenvalue weighted by molar-refractivity contribution is 14.0. The third-order valence-electron chi connectivity index (χ3n) is 4.84. The van der Waals surface area contributed by atoms with Crippen molar-refractivity contribution in [2.24, 2.45) is 4.99 Å². The molecular weight excluding hydrogens is 497 g/mol. The lowest BCUT2D eigenvalue weighted by Crippen LogP contribution is -2.58. The molecule has 3 rings (SSSR count). The van der Waals surface area contributed by atoms with Gasteiger partial charge in [-0.2, -0.15) is 0 Å². The van der Waals surface area contributed by atoms with Crippen molar-refractivity contribution in [3.05, 3.63) is 35.9 Å². The first-order chi connectivity index (χ1) is 13.8. The highest BCUT2D eigenvalue weighted by Gasteiger charge is 2.36. The van der Waals surface area contributed by atoms with E-state index in [1.807, 2.05) is 39.0 Å². The van der Waals surface area contributed by atoms with Gasteiger partial charge in [-0.1, -0.05) is 30.3 Å². The van der Waals surface area contributed by atoms with Crippen molar-refractivity contribution in [3.8, 4) is 0 Å². The first-order valence-corrected chi connectivity index (χ1v) is 10.2. The number of fused-ring (bicyclic) bond motifs is 1. The molecule has 2 heterocycles. The Labute approximate surface area is 195 Å². The number of hydrogen-bond donors (Lipinski definition) is 2. The SMILES string of the molecule is CC(C)(C)OC(=O)N1CCN2C(NCC(=O)NCCc3ccccc3)=NCC2C1.I. The number of piperazine rings is 1. The minimum absolute atomic E-state index is 0. The first kappa shape index (κ1) is 24.2. The predicted octanol–water partition coefficient (Wildman–Crippen LogP) is 1.84. The number of rotatable bonds is 5. The Morgan fingerprint density at radius 3 is 2.63 bits per heavy atom. The predicted molar refractivity (Wildman–Crippen MR) is 127 cm³/mol. The average Bonchev–Trinajstić information content (AvgIpc) is 3.08. The van der Waals surface area contributed by atoms with E-state index in [1.165, 1.54) is 5.56 Å². The van der Waals surface area contributed by atoms with Gasteiger partial charge in [0.2, 0.25) is 5.91 Å². The van der Waals surface area contributed by atoms with Gasteiger partial charge in [-0.25, -0.2) is 4.79 Å². The second-order valence-electron chi connectivity index (χ2n) is 8.38.